The molecule has 7 N–H and O–H groups in total. The maximum atomic E-state index is 14.2. The summed E-state index contributed by atoms with van der Waals surface area (Å²) in [6, 6.07) is 6.01. The van der Waals surface area contributed by atoms with E-state index in [0.29, 0.717) is 39.6 Å². The number of rotatable bonds is 5. The number of anilines is 1. The first-order valence-corrected chi connectivity index (χ1v) is 11.6. The number of nitrogen functional groups attached to an aromatic ring is 1. The number of nitrogens with zero attached hydrogens (tertiary/aromatic N) is 2. The van der Waals surface area contributed by atoms with Crippen molar-refractivity contribution in [2.45, 2.75) is 37.8 Å². The zero-order valence-electron chi connectivity index (χ0n) is 19.2. The highest BCUT2D eigenvalue weighted by Crippen LogP contribution is 2.34. The minimum atomic E-state index is -0.854. The normalized spacial score (nSPS) is 22.8. The molecular weight excluding hydrogens is 457 g/mol. The summed E-state index contributed by atoms with van der Waals surface area (Å²) in [4.78, 5) is 4.33. The number of pyridine rings is 1. The van der Waals surface area contributed by atoms with E-state index in [9.17, 15) is 4.39 Å². The number of alkyl halides is 1. The maximum Gasteiger partial charge on any atom is 0.166 e. The largest absolute Gasteiger partial charge is 0.482 e. The Labute approximate surface area is 203 Å². The van der Waals surface area contributed by atoms with Crippen LogP contribution in [0, 0.1) is 17.1 Å². The van der Waals surface area contributed by atoms with E-state index in [2.05, 4.69) is 20.8 Å². The van der Waals surface area contributed by atoms with Gasteiger partial charge in [0.25, 0.3) is 0 Å². The van der Waals surface area contributed by atoms with Gasteiger partial charge in [0.15, 0.2) is 11.6 Å². The smallest absolute Gasteiger partial charge is 0.166 e. The summed E-state index contributed by atoms with van der Waals surface area (Å²) in [7, 11) is 1.65. The molecule has 2 heterocycles. The van der Waals surface area contributed by atoms with E-state index < -0.39 is 17.4 Å². The average molecular weight is 486 g/mol. The van der Waals surface area contributed by atoms with Crippen LogP contribution in [0.15, 0.2) is 41.1 Å². The number of hydrogen-bond acceptors (Lipinski definition) is 8. The van der Waals surface area contributed by atoms with E-state index >= 15 is 0 Å². The molecule has 2 unspecified atom stereocenters. The number of hydrogen-bond donors (Lipinski definition) is 5. The van der Waals surface area contributed by atoms with Crippen molar-refractivity contribution in [1.82, 2.24) is 15.7 Å². The molecule has 180 valence electrons. The zero-order valence-corrected chi connectivity index (χ0v) is 19.9. The van der Waals surface area contributed by atoms with Crippen LogP contribution < -0.4 is 26.9 Å². The Morgan fingerprint density at radius 1 is 1.35 bits per heavy atom. The molecule has 2 aromatic rings. The molecule has 4 rings (SSSR count). The molecule has 0 spiro atoms. The third kappa shape index (κ3) is 5.15. The van der Waals surface area contributed by atoms with Crippen molar-refractivity contribution in [2.75, 3.05) is 19.3 Å². The monoisotopic (exact) mass is 485 g/mol. The molecular formula is C24H29ClFN7O. The number of hydrazone groups is 1. The fourth-order valence-electron chi connectivity index (χ4n) is 3.99. The quantitative estimate of drug-likeness (QED) is 0.250. The van der Waals surface area contributed by atoms with Crippen molar-refractivity contribution in [1.29, 1.82) is 5.41 Å². The highest BCUT2D eigenvalue weighted by atomic mass is 35.5. The Bertz CT molecular complexity index is 1160. The van der Waals surface area contributed by atoms with Crippen LogP contribution in [-0.4, -0.2) is 35.5 Å². The lowest BCUT2D eigenvalue weighted by Gasteiger charge is -2.25. The van der Waals surface area contributed by atoms with Crippen LogP contribution >= 0.6 is 11.6 Å². The molecule has 1 saturated carbocycles. The van der Waals surface area contributed by atoms with E-state index in [0.717, 1.165) is 12.2 Å². The SMILES string of the molecule is CN/N=C1/C/C(C(N)Cl)=C(/NCC2CC2)c2cnc(N)c(c2)OC(C)c2cc(F)ccc2C1=N. The summed E-state index contributed by atoms with van der Waals surface area (Å²) < 4.78 is 20.4. The van der Waals surface area contributed by atoms with Crippen LogP contribution in [0.4, 0.5) is 10.2 Å². The van der Waals surface area contributed by atoms with Crippen molar-refractivity contribution >= 4 is 34.5 Å². The molecule has 2 bridgehead atoms. The van der Waals surface area contributed by atoms with Gasteiger partial charge in [-0.05, 0) is 55.5 Å². The minimum absolute atomic E-state index is 0.117. The predicted octanol–water partition coefficient (Wildman–Crippen LogP) is 3.52. The van der Waals surface area contributed by atoms with Gasteiger partial charge in [-0.3, -0.25) is 5.41 Å². The molecule has 1 aromatic heterocycles. The molecule has 1 aromatic carbocycles. The van der Waals surface area contributed by atoms with Crippen molar-refractivity contribution < 1.29 is 9.13 Å². The Kier molecular flexibility index (Phi) is 7.04. The molecule has 0 saturated heterocycles. The third-order valence-corrected chi connectivity index (χ3v) is 6.27. The van der Waals surface area contributed by atoms with Gasteiger partial charge in [-0.15, -0.1) is 11.6 Å². The first-order chi connectivity index (χ1) is 16.3. The molecule has 10 heteroatoms. The first kappa shape index (κ1) is 24.0. The molecule has 1 aliphatic heterocycles. The molecule has 0 radical (unpaired) electrons. The Morgan fingerprint density at radius 2 is 2.12 bits per heavy atom. The van der Waals surface area contributed by atoms with Gasteiger partial charge in [0, 0.05) is 48.6 Å². The highest BCUT2D eigenvalue weighted by Gasteiger charge is 2.27. The van der Waals surface area contributed by atoms with Crippen molar-refractivity contribution in [3.8, 4) is 5.75 Å². The maximum absolute atomic E-state index is 14.2. The summed E-state index contributed by atoms with van der Waals surface area (Å²) in [5.74, 6) is 0.710. The van der Waals surface area contributed by atoms with Gasteiger partial charge in [0.1, 0.15) is 17.4 Å². The second kappa shape index (κ2) is 9.99. The van der Waals surface area contributed by atoms with Crippen LogP contribution in [0.5, 0.6) is 5.75 Å². The number of ether oxygens (including phenoxy) is 1. The van der Waals surface area contributed by atoms with Crippen molar-refractivity contribution in [3.63, 3.8) is 0 Å². The number of nitrogens with two attached hydrogens (primary N) is 2. The number of benzene rings is 1. The van der Waals surface area contributed by atoms with E-state index in [1.54, 1.807) is 32.3 Å². The third-order valence-electron chi connectivity index (χ3n) is 6.01. The van der Waals surface area contributed by atoms with Gasteiger partial charge in [-0.2, -0.15) is 5.10 Å². The van der Waals surface area contributed by atoms with E-state index in [-0.39, 0.29) is 18.0 Å². The van der Waals surface area contributed by atoms with Gasteiger partial charge < -0.3 is 26.9 Å². The van der Waals surface area contributed by atoms with E-state index in [4.69, 9.17) is 33.2 Å². The van der Waals surface area contributed by atoms with E-state index in [1.807, 2.05) is 0 Å². The van der Waals surface area contributed by atoms with Crippen LogP contribution in [0.25, 0.3) is 5.70 Å². The molecule has 2 aliphatic rings. The Morgan fingerprint density at radius 3 is 2.79 bits per heavy atom. The number of fused-ring (bicyclic) bond motifs is 3. The van der Waals surface area contributed by atoms with Gasteiger partial charge in [0.2, 0.25) is 0 Å². The fourth-order valence-corrected chi connectivity index (χ4v) is 4.17. The van der Waals surface area contributed by atoms with Crippen LogP contribution in [0.1, 0.15) is 49.0 Å². The fraction of sp³-hybridized carbons (Fsp3) is 0.375. The topological polar surface area (TPSA) is 134 Å². The van der Waals surface area contributed by atoms with Crippen LogP contribution in [0.2, 0.25) is 0 Å². The van der Waals surface area contributed by atoms with Gasteiger partial charge in [-0.25, -0.2) is 9.37 Å². The zero-order chi connectivity index (χ0) is 24.4. The number of aromatic nitrogens is 1. The standard InChI is InChI=1S/C24H29ClFN7O/c1-12-17-8-15(26)5-6-16(17)21(27)19(33-30-2)9-18(23(25)28)22(31-10-13-3-4-13)14-7-20(34-12)24(29)32-11-14/h5-8,11-13,23,27,30-31H,3-4,9-10,28H2,1-2H3,(H2,29,32)/b22-18-,27-21?,33-19-. The molecule has 8 nitrogen and oxygen atoms in total. The Balaban J connectivity index is 1.94. The molecule has 1 fully saturated rings. The molecule has 34 heavy (non-hydrogen) atoms. The summed E-state index contributed by atoms with van der Waals surface area (Å²) in [5.41, 5.74) is 17.8. The van der Waals surface area contributed by atoms with Crippen molar-refractivity contribution in [2.24, 2.45) is 16.8 Å². The molecule has 0 amide bonds. The summed E-state index contributed by atoms with van der Waals surface area (Å²) in [6.07, 6.45) is 3.56. The summed E-state index contributed by atoms with van der Waals surface area (Å²) in [5, 5.41) is 16.8. The number of nitrogens with one attached hydrogen (secondary N) is 3. The number of halogens is 2. The van der Waals surface area contributed by atoms with Gasteiger partial charge in [0.05, 0.1) is 11.4 Å². The molecule has 2 atom stereocenters. The highest BCUT2D eigenvalue weighted by molar-refractivity contribution is 6.48. The lowest BCUT2D eigenvalue weighted by atomic mass is 9.92. The average Bonchev–Trinajstić information content (AvgIpc) is 3.63. The van der Waals surface area contributed by atoms with E-state index in [1.165, 1.54) is 25.0 Å². The summed E-state index contributed by atoms with van der Waals surface area (Å²) in [6.45, 7) is 2.54. The predicted molar refractivity (Wildman–Crippen MR) is 134 cm³/mol. The van der Waals surface area contributed by atoms with Crippen molar-refractivity contribution in [3.05, 3.63) is 58.5 Å². The van der Waals surface area contributed by atoms with Gasteiger partial charge in [-0.1, -0.05) is 0 Å². The van der Waals surface area contributed by atoms with Gasteiger partial charge >= 0.3 is 0 Å². The first-order valence-electron chi connectivity index (χ1n) is 11.2. The molecule has 1 aliphatic carbocycles. The second-order valence-corrected chi connectivity index (χ2v) is 9.03. The lowest BCUT2D eigenvalue weighted by molar-refractivity contribution is 0.227. The second-order valence-electron chi connectivity index (χ2n) is 8.56. The summed E-state index contributed by atoms with van der Waals surface area (Å²) >= 11 is 6.48. The van der Waals surface area contributed by atoms with Crippen LogP contribution in [-0.2, 0) is 0 Å². The van der Waals surface area contributed by atoms with Crippen LogP contribution in [0.3, 0.4) is 0 Å². The minimum Gasteiger partial charge on any atom is -0.482 e. The Hall–Kier alpha value is -3.17. The lowest BCUT2D eigenvalue weighted by Crippen LogP contribution is -2.29.